The fraction of sp³-hybridized carbons (Fsp3) is 0.333. The molecule has 0 amide bonds. The summed E-state index contributed by atoms with van der Waals surface area (Å²) < 4.78 is 25.8. The molecule has 6 nitrogen and oxygen atoms in total. The van der Waals surface area contributed by atoms with E-state index in [-0.39, 0.29) is 23.7 Å². The van der Waals surface area contributed by atoms with Crippen LogP contribution in [-0.2, 0) is 10.0 Å². The summed E-state index contributed by atoms with van der Waals surface area (Å²) in [4.78, 5) is -0.0366. The fourth-order valence-electron chi connectivity index (χ4n) is 1.15. The van der Waals surface area contributed by atoms with Crippen LogP contribution in [0.4, 0.5) is 11.4 Å². The Morgan fingerprint density at radius 3 is 2.62 bits per heavy atom. The number of rotatable bonds is 5. The molecule has 1 rings (SSSR count). The molecule has 0 bridgehead atoms. The number of sulfonamides is 1. The van der Waals surface area contributed by atoms with E-state index in [2.05, 4.69) is 4.72 Å². The molecular weight excluding hydrogens is 230 g/mol. The van der Waals surface area contributed by atoms with Crippen molar-refractivity contribution in [1.29, 1.82) is 0 Å². The maximum atomic E-state index is 11.8. The van der Waals surface area contributed by atoms with Gasteiger partial charge >= 0.3 is 0 Å². The van der Waals surface area contributed by atoms with Gasteiger partial charge in [0.2, 0.25) is 10.0 Å². The highest BCUT2D eigenvalue weighted by atomic mass is 32.2. The van der Waals surface area contributed by atoms with Crippen molar-refractivity contribution in [2.45, 2.75) is 11.3 Å². The van der Waals surface area contributed by atoms with Crippen LogP contribution in [0.2, 0.25) is 0 Å². The zero-order chi connectivity index (χ0) is 12.2. The van der Waals surface area contributed by atoms with E-state index in [1.165, 1.54) is 18.2 Å². The molecule has 0 heterocycles. The van der Waals surface area contributed by atoms with Crippen LogP contribution in [0.1, 0.15) is 6.42 Å². The molecule has 0 saturated heterocycles. The number of benzene rings is 1. The zero-order valence-corrected chi connectivity index (χ0v) is 9.50. The molecule has 7 heteroatoms. The Morgan fingerprint density at radius 2 is 2.00 bits per heavy atom. The second-order valence-corrected chi connectivity index (χ2v) is 5.01. The molecule has 90 valence electrons. The van der Waals surface area contributed by atoms with Crippen LogP contribution >= 0.6 is 0 Å². The van der Waals surface area contributed by atoms with Gasteiger partial charge < -0.3 is 16.6 Å². The molecule has 0 aromatic heterocycles. The Labute approximate surface area is 94.3 Å². The van der Waals surface area contributed by atoms with Crippen molar-refractivity contribution in [1.82, 2.24) is 4.72 Å². The number of aliphatic hydroxyl groups is 1. The molecule has 16 heavy (non-hydrogen) atoms. The van der Waals surface area contributed by atoms with E-state index in [1.54, 1.807) is 0 Å². The van der Waals surface area contributed by atoms with Gasteiger partial charge in [0, 0.05) is 18.8 Å². The van der Waals surface area contributed by atoms with Crippen LogP contribution < -0.4 is 16.2 Å². The number of nitrogens with one attached hydrogen (secondary N) is 1. The van der Waals surface area contributed by atoms with E-state index < -0.39 is 10.0 Å². The quantitative estimate of drug-likeness (QED) is 0.412. The van der Waals surface area contributed by atoms with Crippen LogP contribution in [-0.4, -0.2) is 26.7 Å². The number of anilines is 2. The Kier molecular flexibility index (Phi) is 4.11. The van der Waals surface area contributed by atoms with E-state index in [9.17, 15) is 8.42 Å². The predicted octanol–water partition coefficient (Wildman–Crippen LogP) is -0.488. The molecule has 0 spiro atoms. The first kappa shape index (κ1) is 12.8. The lowest BCUT2D eigenvalue weighted by atomic mass is 10.3. The monoisotopic (exact) mass is 245 g/mol. The van der Waals surface area contributed by atoms with Crippen molar-refractivity contribution in [3.63, 3.8) is 0 Å². The van der Waals surface area contributed by atoms with Crippen LogP contribution in [0.3, 0.4) is 0 Å². The summed E-state index contributed by atoms with van der Waals surface area (Å²) in [7, 11) is -3.65. The predicted molar refractivity (Wildman–Crippen MR) is 62.2 cm³/mol. The van der Waals surface area contributed by atoms with Crippen molar-refractivity contribution in [3.05, 3.63) is 18.2 Å². The molecule has 1 aromatic rings. The molecule has 0 unspecified atom stereocenters. The number of hydrogen-bond acceptors (Lipinski definition) is 5. The molecule has 0 fully saturated rings. The average molecular weight is 245 g/mol. The van der Waals surface area contributed by atoms with Crippen LogP contribution in [0.25, 0.3) is 0 Å². The van der Waals surface area contributed by atoms with E-state index in [4.69, 9.17) is 16.6 Å². The van der Waals surface area contributed by atoms with E-state index >= 15 is 0 Å². The zero-order valence-electron chi connectivity index (χ0n) is 8.68. The normalized spacial score (nSPS) is 11.6. The lowest BCUT2D eigenvalue weighted by molar-refractivity contribution is 0.289. The molecule has 0 atom stereocenters. The summed E-state index contributed by atoms with van der Waals surface area (Å²) >= 11 is 0. The molecular formula is C9H15N3O3S. The SMILES string of the molecule is Nc1ccc(N)c(S(=O)(=O)NCCCO)c1. The lowest BCUT2D eigenvalue weighted by Crippen LogP contribution is -2.26. The van der Waals surface area contributed by atoms with Crippen LogP contribution in [0.5, 0.6) is 0 Å². The average Bonchev–Trinajstić information content (AvgIpc) is 2.22. The van der Waals surface area contributed by atoms with Crippen molar-refractivity contribution >= 4 is 21.4 Å². The van der Waals surface area contributed by atoms with Gasteiger partial charge in [-0.25, -0.2) is 13.1 Å². The minimum absolute atomic E-state index is 0.0366. The summed E-state index contributed by atoms with van der Waals surface area (Å²) in [5.74, 6) is 0. The summed E-state index contributed by atoms with van der Waals surface area (Å²) in [5.41, 5.74) is 11.5. The molecule has 0 aliphatic heterocycles. The first-order valence-electron chi connectivity index (χ1n) is 4.73. The lowest BCUT2D eigenvalue weighted by Gasteiger charge is -2.09. The number of aliphatic hydroxyl groups excluding tert-OH is 1. The molecule has 6 N–H and O–H groups in total. The highest BCUT2D eigenvalue weighted by Gasteiger charge is 2.16. The summed E-state index contributed by atoms with van der Waals surface area (Å²) in [6.45, 7) is 0.0853. The van der Waals surface area contributed by atoms with Gasteiger partial charge in [0.15, 0.2) is 0 Å². The number of hydrogen-bond donors (Lipinski definition) is 4. The topological polar surface area (TPSA) is 118 Å². The molecule has 0 saturated carbocycles. The van der Waals surface area contributed by atoms with Gasteiger partial charge in [0.1, 0.15) is 4.90 Å². The van der Waals surface area contributed by atoms with Crippen molar-refractivity contribution < 1.29 is 13.5 Å². The Hall–Kier alpha value is -1.31. The van der Waals surface area contributed by atoms with E-state index in [0.717, 1.165) is 0 Å². The van der Waals surface area contributed by atoms with Gasteiger partial charge in [0.05, 0.1) is 5.69 Å². The Morgan fingerprint density at radius 1 is 1.31 bits per heavy atom. The smallest absolute Gasteiger partial charge is 0.242 e. The summed E-state index contributed by atoms with van der Waals surface area (Å²) in [6.07, 6.45) is 0.349. The third kappa shape index (κ3) is 3.09. The van der Waals surface area contributed by atoms with Crippen molar-refractivity contribution in [2.75, 3.05) is 24.6 Å². The van der Waals surface area contributed by atoms with Crippen LogP contribution in [0, 0.1) is 0 Å². The first-order valence-corrected chi connectivity index (χ1v) is 6.21. The Balaban J connectivity index is 2.93. The molecule has 0 radical (unpaired) electrons. The Bertz CT molecular complexity index is 459. The third-order valence-corrected chi connectivity index (χ3v) is 3.47. The van der Waals surface area contributed by atoms with Crippen molar-refractivity contribution in [2.24, 2.45) is 0 Å². The third-order valence-electron chi connectivity index (χ3n) is 1.95. The maximum Gasteiger partial charge on any atom is 0.242 e. The maximum absolute atomic E-state index is 11.8. The van der Waals surface area contributed by atoms with Gasteiger partial charge in [-0.1, -0.05) is 0 Å². The van der Waals surface area contributed by atoms with Gasteiger partial charge in [-0.15, -0.1) is 0 Å². The molecule has 1 aromatic carbocycles. The minimum Gasteiger partial charge on any atom is -0.399 e. The summed E-state index contributed by atoms with van der Waals surface area (Å²) in [6, 6.07) is 4.27. The standard InChI is InChI=1S/C9H15N3O3S/c10-7-2-3-8(11)9(6-7)16(14,15)12-4-1-5-13/h2-3,6,12-13H,1,4-5,10-11H2. The van der Waals surface area contributed by atoms with E-state index in [1.807, 2.05) is 0 Å². The van der Waals surface area contributed by atoms with Gasteiger partial charge in [-0.2, -0.15) is 0 Å². The van der Waals surface area contributed by atoms with Crippen molar-refractivity contribution in [3.8, 4) is 0 Å². The highest BCUT2D eigenvalue weighted by molar-refractivity contribution is 7.89. The summed E-state index contributed by atoms with van der Waals surface area (Å²) in [5, 5.41) is 8.55. The van der Waals surface area contributed by atoms with E-state index in [0.29, 0.717) is 12.1 Å². The molecule has 0 aliphatic carbocycles. The van der Waals surface area contributed by atoms with Gasteiger partial charge in [-0.05, 0) is 24.6 Å². The fourth-order valence-corrected chi connectivity index (χ4v) is 2.39. The number of nitrogen functional groups attached to an aromatic ring is 2. The first-order chi connectivity index (χ1) is 7.47. The number of nitrogens with two attached hydrogens (primary N) is 2. The highest BCUT2D eigenvalue weighted by Crippen LogP contribution is 2.20. The van der Waals surface area contributed by atoms with Gasteiger partial charge in [0.25, 0.3) is 0 Å². The van der Waals surface area contributed by atoms with Gasteiger partial charge in [-0.3, -0.25) is 0 Å². The largest absolute Gasteiger partial charge is 0.399 e. The minimum atomic E-state index is -3.65. The molecule has 0 aliphatic rings. The second-order valence-electron chi connectivity index (χ2n) is 3.27. The second kappa shape index (κ2) is 5.15. The van der Waals surface area contributed by atoms with Crippen LogP contribution in [0.15, 0.2) is 23.1 Å².